The summed E-state index contributed by atoms with van der Waals surface area (Å²) in [5.41, 5.74) is -0.307. The number of ether oxygens (including phenoxy) is 1. The van der Waals surface area contributed by atoms with Gasteiger partial charge in [-0.1, -0.05) is 6.92 Å². The summed E-state index contributed by atoms with van der Waals surface area (Å²) in [6, 6.07) is 1.32. The van der Waals surface area contributed by atoms with Crippen LogP contribution >= 0.6 is 0 Å². The molecule has 2 rings (SSSR count). The number of nitrogens with zero attached hydrogens (tertiary/aromatic N) is 1. The maximum Gasteiger partial charge on any atom is 0.152 e. The lowest BCUT2D eigenvalue weighted by Gasteiger charge is -2.32. The van der Waals surface area contributed by atoms with E-state index in [-0.39, 0.29) is 18.3 Å². The molecule has 0 saturated carbocycles. The van der Waals surface area contributed by atoms with Crippen LogP contribution in [0.1, 0.15) is 6.92 Å². The van der Waals surface area contributed by atoms with Crippen LogP contribution < -0.4 is 5.32 Å². The van der Waals surface area contributed by atoms with Gasteiger partial charge in [-0.05, 0) is 6.54 Å². The van der Waals surface area contributed by atoms with E-state index in [0.29, 0.717) is 25.3 Å². The van der Waals surface area contributed by atoms with Gasteiger partial charge in [0.15, 0.2) is 11.6 Å². The molecule has 1 unspecified atom stereocenters. The average Bonchev–Trinajstić information content (AvgIpc) is 2.37. The molecule has 0 spiro atoms. The molecule has 0 aromatic heterocycles. The SMILES string of the molecule is CCN1CCOC(CNc2c(F)cc(F)cc2F)C1. The van der Waals surface area contributed by atoms with Gasteiger partial charge in [0, 0.05) is 31.8 Å². The molecule has 0 amide bonds. The number of benzene rings is 1. The normalized spacial score (nSPS) is 20.5. The highest BCUT2D eigenvalue weighted by Gasteiger charge is 2.20. The molecule has 3 nitrogen and oxygen atoms in total. The quantitative estimate of drug-likeness (QED) is 0.911. The van der Waals surface area contributed by atoms with Crippen molar-refractivity contribution in [2.75, 3.05) is 38.1 Å². The molecule has 1 aliphatic heterocycles. The lowest BCUT2D eigenvalue weighted by molar-refractivity contribution is -0.0192. The predicted molar refractivity (Wildman–Crippen MR) is 66.7 cm³/mol. The van der Waals surface area contributed by atoms with Crippen molar-refractivity contribution in [3.05, 3.63) is 29.6 Å². The van der Waals surface area contributed by atoms with Crippen LogP contribution in [0.5, 0.6) is 0 Å². The molecule has 0 bridgehead atoms. The van der Waals surface area contributed by atoms with Gasteiger partial charge >= 0.3 is 0 Å². The third-order valence-electron chi connectivity index (χ3n) is 3.18. The number of halogens is 3. The van der Waals surface area contributed by atoms with Gasteiger partial charge in [-0.3, -0.25) is 4.90 Å². The summed E-state index contributed by atoms with van der Waals surface area (Å²) in [6.07, 6.45) is -0.127. The van der Waals surface area contributed by atoms with Crippen LogP contribution in [0.2, 0.25) is 0 Å². The van der Waals surface area contributed by atoms with E-state index in [1.54, 1.807) is 0 Å². The van der Waals surface area contributed by atoms with Crippen molar-refractivity contribution in [3.8, 4) is 0 Å². The number of nitrogens with one attached hydrogen (secondary N) is 1. The Labute approximate surface area is 110 Å². The Morgan fingerprint density at radius 1 is 1.32 bits per heavy atom. The Kier molecular flexibility index (Phi) is 4.66. The van der Waals surface area contributed by atoms with Crippen molar-refractivity contribution in [1.82, 2.24) is 4.90 Å². The molecule has 1 aliphatic rings. The molecule has 0 aliphatic carbocycles. The fourth-order valence-electron chi connectivity index (χ4n) is 2.12. The van der Waals surface area contributed by atoms with Crippen LogP contribution in [-0.2, 0) is 4.74 Å². The number of anilines is 1. The summed E-state index contributed by atoms with van der Waals surface area (Å²) in [7, 11) is 0. The zero-order valence-electron chi connectivity index (χ0n) is 10.8. The van der Waals surface area contributed by atoms with Crippen molar-refractivity contribution in [1.29, 1.82) is 0 Å². The van der Waals surface area contributed by atoms with E-state index in [0.717, 1.165) is 13.1 Å². The minimum Gasteiger partial charge on any atom is -0.378 e. The highest BCUT2D eigenvalue weighted by atomic mass is 19.1. The van der Waals surface area contributed by atoms with Gasteiger partial charge in [0.1, 0.15) is 11.5 Å². The summed E-state index contributed by atoms with van der Waals surface area (Å²) in [5.74, 6) is -2.78. The van der Waals surface area contributed by atoms with Crippen LogP contribution in [0, 0.1) is 17.5 Å². The molecule has 1 heterocycles. The van der Waals surface area contributed by atoms with Crippen LogP contribution in [0.3, 0.4) is 0 Å². The first-order chi connectivity index (χ1) is 9.10. The Morgan fingerprint density at radius 2 is 2.00 bits per heavy atom. The molecule has 1 aromatic carbocycles. The first-order valence-corrected chi connectivity index (χ1v) is 6.32. The maximum absolute atomic E-state index is 13.4. The minimum atomic E-state index is -0.930. The van der Waals surface area contributed by atoms with E-state index in [1.807, 2.05) is 0 Å². The number of morpholine rings is 1. The summed E-state index contributed by atoms with van der Waals surface area (Å²) >= 11 is 0. The molecular weight excluding hydrogens is 257 g/mol. The predicted octanol–water partition coefficient (Wildman–Crippen LogP) is 2.24. The summed E-state index contributed by atoms with van der Waals surface area (Å²) < 4.78 is 45.1. The molecule has 106 valence electrons. The standard InChI is InChI=1S/C13H17F3N2O/c1-2-18-3-4-19-10(8-18)7-17-13-11(15)5-9(14)6-12(13)16/h5-6,10,17H,2-4,7-8H2,1H3. The molecule has 1 aromatic rings. The first kappa shape index (κ1) is 14.1. The van der Waals surface area contributed by atoms with Gasteiger partial charge in [0.2, 0.25) is 0 Å². The smallest absolute Gasteiger partial charge is 0.152 e. The second-order valence-corrected chi connectivity index (χ2v) is 4.51. The van der Waals surface area contributed by atoms with Crippen molar-refractivity contribution in [2.24, 2.45) is 0 Å². The van der Waals surface area contributed by atoms with Gasteiger partial charge in [-0.2, -0.15) is 0 Å². The monoisotopic (exact) mass is 274 g/mol. The average molecular weight is 274 g/mol. The second-order valence-electron chi connectivity index (χ2n) is 4.51. The summed E-state index contributed by atoms with van der Waals surface area (Å²) in [5, 5.41) is 2.65. The van der Waals surface area contributed by atoms with Crippen molar-refractivity contribution >= 4 is 5.69 Å². The summed E-state index contributed by atoms with van der Waals surface area (Å²) in [4.78, 5) is 2.20. The largest absolute Gasteiger partial charge is 0.378 e. The number of likely N-dealkylation sites (N-methyl/N-ethyl adjacent to an activating group) is 1. The van der Waals surface area contributed by atoms with Gasteiger partial charge in [-0.25, -0.2) is 13.2 Å². The van der Waals surface area contributed by atoms with E-state index in [1.165, 1.54) is 0 Å². The van der Waals surface area contributed by atoms with Gasteiger partial charge in [0.25, 0.3) is 0 Å². The zero-order chi connectivity index (χ0) is 13.8. The molecule has 1 atom stereocenters. The Hall–Kier alpha value is -1.27. The highest BCUT2D eigenvalue weighted by molar-refractivity contribution is 5.46. The summed E-state index contributed by atoms with van der Waals surface area (Å²) in [6.45, 7) is 5.44. The van der Waals surface area contributed by atoms with E-state index in [9.17, 15) is 13.2 Å². The van der Waals surface area contributed by atoms with Gasteiger partial charge in [-0.15, -0.1) is 0 Å². The van der Waals surface area contributed by atoms with Crippen molar-refractivity contribution in [3.63, 3.8) is 0 Å². The van der Waals surface area contributed by atoms with Crippen molar-refractivity contribution in [2.45, 2.75) is 13.0 Å². The van der Waals surface area contributed by atoms with E-state index in [2.05, 4.69) is 17.1 Å². The Balaban J connectivity index is 1.95. The highest BCUT2D eigenvalue weighted by Crippen LogP contribution is 2.20. The van der Waals surface area contributed by atoms with E-state index < -0.39 is 17.5 Å². The molecule has 19 heavy (non-hydrogen) atoms. The van der Waals surface area contributed by atoms with Crippen LogP contribution in [0.4, 0.5) is 18.9 Å². The lowest BCUT2D eigenvalue weighted by Crippen LogP contribution is -2.45. The van der Waals surface area contributed by atoms with Gasteiger partial charge in [0.05, 0.1) is 12.7 Å². The lowest BCUT2D eigenvalue weighted by atomic mass is 10.2. The topological polar surface area (TPSA) is 24.5 Å². The van der Waals surface area contributed by atoms with E-state index >= 15 is 0 Å². The minimum absolute atomic E-state index is 0.127. The number of hydrogen-bond donors (Lipinski definition) is 1. The first-order valence-electron chi connectivity index (χ1n) is 6.32. The van der Waals surface area contributed by atoms with Crippen LogP contribution in [0.15, 0.2) is 12.1 Å². The van der Waals surface area contributed by atoms with Crippen LogP contribution in [0.25, 0.3) is 0 Å². The fourth-order valence-corrected chi connectivity index (χ4v) is 2.12. The molecule has 0 radical (unpaired) electrons. The molecule has 1 N–H and O–H groups in total. The van der Waals surface area contributed by atoms with E-state index in [4.69, 9.17) is 4.74 Å². The Bertz CT molecular complexity index is 419. The fraction of sp³-hybridized carbons (Fsp3) is 0.538. The Morgan fingerprint density at radius 3 is 2.63 bits per heavy atom. The third kappa shape index (κ3) is 3.61. The third-order valence-corrected chi connectivity index (χ3v) is 3.18. The molecule has 1 fully saturated rings. The van der Waals surface area contributed by atoms with Crippen LogP contribution in [-0.4, -0.2) is 43.8 Å². The second kappa shape index (κ2) is 6.25. The molecular formula is C13H17F3N2O. The van der Waals surface area contributed by atoms with Crippen molar-refractivity contribution < 1.29 is 17.9 Å². The molecule has 6 heteroatoms. The zero-order valence-corrected chi connectivity index (χ0v) is 10.8. The van der Waals surface area contributed by atoms with Gasteiger partial charge < -0.3 is 10.1 Å². The number of rotatable bonds is 4. The number of hydrogen-bond acceptors (Lipinski definition) is 3. The molecule has 1 saturated heterocycles. The maximum atomic E-state index is 13.4.